The second kappa shape index (κ2) is 8.50. The maximum atomic E-state index is 12.8. The van der Waals surface area contributed by atoms with Crippen LogP contribution in [0.15, 0.2) is 46.9 Å². The predicted octanol–water partition coefficient (Wildman–Crippen LogP) is 3.13. The topological polar surface area (TPSA) is 104 Å². The molecule has 3 aromatic rings. The number of rotatable bonds is 5. The molecular formula is C21H20N4O3S2. The van der Waals surface area contributed by atoms with Crippen molar-refractivity contribution in [3.05, 3.63) is 53.3 Å². The molecule has 30 heavy (non-hydrogen) atoms. The molecule has 0 spiro atoms. The molecule has 0 atom stereocenters. The molecule has 4 rings (SSSR count). The fourth-order valence-electron chi connectivity index (χ4n) is 3.73. The van der Waals surface area contributed by atoms with Gasteiger partial charge in [0.1, 0.15) is 6.07 Å². The van der Waals surface area contributed by atoms with E-state index in [0.717, 1.165) is 18.5 Å². The molecule has 7 nitrogen and oxygen atoms in total. The smallest absolute Gasteiger partial charge is 0.223 e. The van der Waals surface area contributed by atoms with Gasteiger partial charge in [0.2, 0.25) is 5.91 Å². The van der Waals surface area contributed by atoms with Crippen LogP contribution in [0, 0.1) is 11.3 Å². The van der Waals surface area contributed by atoms with Gasteiger partial charge in [0.15, 0.2) is 9.84 Å². The van der Waals surface area contributed by atoms with E-state index in [-0.39, 0.29) is 28.9 Å². The van der Waals surface area contributed by atoms with Crippen LogP contribution in [0.3, 0.4) is 0 Å². The summed E-state index contributed by atoms with van der Waals surface area (Å²) in [6.07, 6.45) is 3.09. The zero-order chi connectivity index (χ0) is 21.1. The normalized spacial score (nSPS) is 15.2. The summed E-state index contributed by atoms with van der Waals surface area (Å²) >= 11 is 1.29. The molecule has 0 radical (unpaired) electrons. The predicted molar refractivity (Wildman–Crippen MR) is 114 cm³/mol. The van der Waals surface area contributed by atoms with E-state index in [2.05, 4.69) is 16.0 Å². The van der Waals surface area contributed by atoms with Crippen LogP contribution >= 0.6 is 11.3 Å². The number of carbonyl (C=O) groups excluding carboxylic acids is 1. The van der Waals surface area contributed by atoms with Crippen LogP contribution in [-0.4, -0.2) is 48.0 Å². The Morgan fingerprint density at radius 3 is 2.70 bits per heavy atom. The lowest BCUT2D eigenvalue weighted by Gasteiger charge is -2.31. The number of thiazole rings is 1. The number of hydrogen-bond acceptors (Lipinski definition) is 7. The minimum atomic E-state index is -3.56. The molecule has 2 aromatic heterocycles. The van der Waals surface area contributed by atoms with Gasteiger partial charge in [0.05, 0.1) is 31.9 Å². The SMILES string of the molecule is N#Cc1ccc(C2CCN(C(=O)CCS(=O)(=O)c3cccc4ncsc34)CC2)nc1. The number of hydrogen-bond donors (Lipinski definition) is 0. The summed E-state index contributed by atoms with van der Waals surface area (Å²) < 4.78 is 26.2. The minimum absolute atomic E-state index is 0.0304. The summed E-state index contributed by atoms with van der Waals surface area (Å²) in [5.74, 6) is -0.101. The van der Waals surface area contributed by atoms with Crippen molar-refractivity contribution in [2.45, 2.75) is 30.1 Å². The molecule has 154 valence electrons. The minimum Gasteiger partial charge on any atom is -0.343 e. The lowest BCUT2D eigenvalue weighted by atomic mass is 9.92. The van der Waals surface area contributed by atoms with Gasteiger partial charge in [0.25, 0.3) is 0 Å². The number of aromatic nitrogens is 2. The van der Waals surface area contributed by atoms with Gasteiger partial charge < -0.3 is 4.90 Å². The van der Waals surface area contributed by atoms with E-state index in [4.69, 9.17) is 5.26 Å². The van der Waals surface area contributed by atoms with E-state index < -0.39 is 9.84 Å². The highest BCUT2D eigenvalue weighted by Gasteiger charge is 2.26. The first kappa shape index (κ1) is 20.4. The van der Waals surface area contributed by atoms with Crippen LogP contribution in [0.2, 0.25) is 0 Å². The van der Waals surface area contributed by atoms with Crippen LogP contribution in [0.25, 0.3) is 10.2 Å². The molecule has 3 heterocycles. The Morgan fingerprint density at radius 1 is 1.20 bits per heavy atom. The lowest BCUT2D eigenvalue weighted by Crippen LogP contribution is -2.38. The average molecular weight is 441 g/mol. The molecule has 0 unspecified atom stereocenters. The number of sulfone groups is 1. The van der Waals surface area contributed by atoms with Crippen LogP contribution in [0.5, 0.6) is 0 Å². The summed E-state index contributed by atoms with van der Waals surface area (Å²) in [5.41, 5.74) is 3.75. The van der Waals surface area contributed by atoms with E-state index in [0.29, 0.717) is 28.9 Å². The van der Waals surface area contributed by atoms with E-state index in [1.165, 1.54) is 11.3 Å². The first-order chi connectivity index (χ1) is 14.5. The van der Waals surface area contributed by atoms with Gasteiger partial charge in [-0.3, -0.25) is 9.78 Å². The standard InChI is InChI=1S/C21H20N4O3S2/c22-12-15-4-5-17(23-13-15)16-6-9-25(10-7-16)20(26)8-11-30(27,28)19-3-1-2-18-21(19)29-14-24-18/h1-5,13-14,16H,6-11H2. The van der Waals surface area contributed by atoms with Crippen LogP contribution < -0.4 is 0 Å². The van der Waals surface area contributed by atoms with Crippen molar-refractivity contribution in [1.82, 2.24) is 14.9 Å². The first-order valence-corrected chi connectivity index (χ1v) is 12.2. The number of pyridine rings is 1. The van der Waals surface area contributed by atoms with Crippen molar-refractivity contribution in [2.24, 2.45) is 0 Å². The second-order valence-electron chi connectivity index (χ2n) is 7.26. The Balaban J connectivity index is 1.35. The average Bonchev–Trinajstić information content (AvgIpc) is 3.26. The number of amides is 1. The monoisotopic (exact) mass is 440 g/mol. The third-order valence-corrected chi connectivity index (χ3v) is 8.18. The number of nitriles is 1. The van der Waals surface area contributed by atoms with Crippen LogP contribution in [-0.2, 0) is 14.6 Å². The number of benzene rings is 1. The van der Waals surface area contributed by atoms with Crippen molar-refractivity contribution in [3.8, 4) is 6.07 Å². The largest absolute Gasteiger partial charge is 0.343 e. The van der Waals surface area contributed by atoms with Crippen molar-refractivity contribution in [1.29, 1.82) is 5.26 Å². The quantitative estimate of drug-likeness (QED) is 0.604. The molecule has 1 saturated heterocycles. The van der Waals surface area contributed by atoms with E-state index in [1.54, 1.807) is 40.9 Å². The van der Waals surface area contributed by atoms with Gasteiger partial charge in [-0.15, -0.1) is 11.3 Å². The molecule has 0 bridgehead atoms. The zero-order valence-electron chi connectivity index (χ0n) is 16.2. The first-order valence-electron chi connectivity index (χ1n) is 9.67. The van der Waals surface area contributed by atoms with E-state index in [1.807, 2.05) is 6.07 Å². The Morgan fingerprint density at radius 2 is 2.00 bits per heavy atom. The van der Waals surface area contributed by atoms with Crippen molar-refractivity contribution >= 4 is 37.3 Å². The summed E-state index contributed by atoms with van der Waals surface area (Å²) in [4.78, 5) is 23.1. The van der Waals surface area contributed by atoms with E-state index in [9.17, 15) is 13.2 Å². The highest BCUT2D eigenvalue weighted by atomic mass is 32.2. The Kier molecular flexibility index (Phi) is 5.79. The van der Waals surface area contributed by atoms with Gasteiger partial charge in [0, 0.05) is 37.3 Å². The summed E-state index contributed by atoms with van der Waals surface area (Å²) in [7, 11) is -3.56. The molecule has 0 aliphatic carbocycles. The van der Waals surface area contributed by atoms with Gasteiger partial charge >= 0.3 is 0 Å². The highest BCUT2D eigenvalue weighted by molar-refractivity contribution is 7.91. The third kappa shape index (κ3) is 4.20. The second-order valence-corrected chi connectivity index (χ2v) is 10.2. The molecule has 1 aliphatic rings. The van der Waals surface area contributed by atoms with Gasteiger partial charge in [-0.1, -0.05) is 6.07 Å². The van der Waals surface area contributed by atoms with E-state index >= 15 is 0 Å². The maximum absolute atomic E-state index is 12.8. The molecular weight excluding hydrogens is 420 g/mol. The number of carbonyl (C=O) groups is 1. The fourth-order valence-corrected chi connectivity index (χ4v) is 6.29. The third-order valence-electron chi connectivity index (χ3n) is 5.42. The molecule has 9 heteroatoms. The van der Waals surface area contributed by atoms with Crippen molar-refractivity contribution in [3.63, 3.8) is 0 Å². The Labute approximate surface area is 178 Å². The molecule has 1 fully saturated rings. The van der Waals surface area contributed by atoms with Crippen molar-refractivity contribution in [2.75, 3.05) is 18.8 Å². The summed E-state index contributed by atoms with van der Waals surface area (Å²) in [5, 5.41) is 8.88. The highest BCUT2D eigenvalue weighted by Crippen LogP contribution is 2.29. The van der Waals surface area contributed by atoms with Crippen molar-refractivity contribution < 1.29 is 13.2 Å². The molecule has 1 aliphatic heterocycles. The number of piperidine rings is 1. The van der Waals surface area contributed by atoms with Gasteiger partial charge in [-0.2, -0.15) is 5.26 Å². The van der Waals surface area contributed by atoms with Gasteiger partial charge in [-0.05, 0) is 37.1 Å². The molecule has 1 aromatic carbocycles. The molecule has 1 amide bonds. The summed E-state index contributed by atoms with van der Waals surface area (Å²) in [6, 6.07) is 10.7. The zero-order valence-corrected chi connectivity index (χ0v) is 17.8. The lowest BCUT2D eigenvalue weighted by molar-refractivity contribution is -0.131. The fraction of sp³-hybridized carbons (Fsp3) is 0.333. The number of nitrogens with zero attached hydrogens (tertiary/aromatic N) is 4. The molecule has 0 saturated carbocycles. The number of likely N-dealkylation sites (tertiary alicyclic amines) is 1. The Hall–Kier alpha value is -2.83. The summed E-state index contributed by atoms with van der Waals surface area (Å²) in [6.45, 7) is 1.16. The van der Waals surface area contributed by atoms with Gasteiger partial charge in [-0.25, -0.2) is 13.4 Å². The molecule has 0 N–H and O–H groups in total. The maximum Gasteiger partial charge on any atom is 0.223 e. The number of fused-ring (bicyclic) bond motifs is 1. The van der Waals surface area contributed by atoms with Crippen LogP contribution in [0.1, 0.15) is 36.4 Å². The van der Waals surface area contributed by atoms with Crippen LogP contribution in [0.4, 0.5) is 0 Å². The Bertz CT molecular complexity index is 1210.